The van der Waals surface area contributed by atoms with Gasteiger partial charge in [-0.2, -0.15) is 0 Å². The summed E-state index contributed by atoms with van der Waals surface area (Å²) in [7, 11) is 0. The van der Waals surface area contributed by atoms with Gasteiger partial charge in [0.25, 0.3) is 0 Å². The van der Waals surface area contributed by atoms with Crippen molar-refractivity contribution in [1.82, 2.24) is 10.6 Å². The van der Waals surface area contributed by atoms with Crippen LogP contribution in [-0.4, -0.2) is 6.04 Å². The van der Waals surface area contributed by atoms with Gasteiger partial charge in [0.1, 0.15) is 0 Å². The molecule has 0 saturated heterocycles. The van der Waals surface area contributed by atoms with Crippen LogP contribution in [0, 0.1) is 0 Å². The van der Waals surface area contributed by atoms with Crippen molar-refractivity contribution in [3.63, 3.8) is 0 Å². The Hall–Kier alpha value is -2.48. The molecule has 2 aliphatic heterocycles. The average molecular weight is 288 g/mol. The van der Waals surface area contributed by atoms with Crippen molar-refractivity contribution >= 4 is 0 Å². The van der Waals surface area contributed by atoms with E-state index in [4.69, 9.17) is 0 Å². The Morgan fingerprint density at radius 3 is 2.64 bits per heavy atom. The number of benzene rings is 1. The van der Waals surface area contributed by atoms with Gasteiger partial charge in [0.2, 0.25) is 0 Å². The fourth-order valence-corrected chi connectivity index (χ4v) is 3.33. The van der Waals surface area contributed by atoms with Crippen molar-refractivity contribution in [2.75, 3.05) is 0 Å². The van der Waals surface area contributed by atoms with Crippen LogP contribution in [0.1, 0.15) is 25.3 Å². The summed E-state index contributed by atoms with van der Waals surface area (Å²) in [4.78, 5) is 0. The van der Waals surface area contributed by atoms with Crippen LogP contribution < -0.4 is 10.6 Å². The standard InChI is InChI=1S/C20H20N2/c1-13-8-10-16-12-18(15-6-4-3-5-7-15)17-11-9-14(2)22-20(17)19(16)21-13/h3-13,18,21-22H,1-2H3. The third-order valence-electron chi connectivity index (χ3n) is 4.44. The number of rotatable bonds is 1. The maximum Gasteiger partial charge on any atom is 0.0665 e. The molecular weight excluding hydrogens is 268 g/mol. The molecule has 1 aromatic carbocycles. The highest BCUT2D eigenvalue weighted by atomic mass is 15.0. The summed E-state index contributed by atoms with van der Waals surface area (Å²) in [5.74, 6) is 0.298. The molecule has 2 heteroatoms. The van der Waals surface area contributed by atoms with E-state index >= 15 is 0 Å². The molecule has 0 radical (unpaired) electrons. The second-order valence-electron chi connectivity index (χ2n) is 6.15. The molecule has 110 valence electrons. The first-order valence-electron chi connectivity index (χ1n) is 7.84. The molecule has 2 N–H and O–H groups in total. The lowest BCUT2D eigenvalue weighted by atomic mass is 9.79. The first-order valence-corrected chi connectivity index (χ1v) is 7.84. The van der Waals surface area contributed by atoms with Crippen molar-refractivity contribution in [2.24, 2.45) is 0 Å². The Morgan fingerprint density at radius 2 is 1.82 bits per heavy atom. The van der Waals surface area contributed by atoms with Crippen molar-refractivity contribution in [3.8, 4) is 0 Å². The van der Waals surface area contributed by atoms with Gasteiger partial charge in [-0.15, -0.1) is 0 Å². The monoisotopic (exact) mass is 288 g/mol. The molecule has 22 heavy (non-hydrogen) atoms. The molecule has 4 rings (SSSR count). The molecule has 0 aromatic heterocycles. The van der Waals surface area contributed by atoms with Crippen LogP contribution >= 0.6 is 0 Å². The molecule has 0 bridgehead atoms. The number of allylic oxidation sites excluding steroid dienone is 6. The normalized spacial score (nSPS) is 26.0. The molecule has 0 saturated carbocycles. The summed E-state index contributed by atoms with van der Waals surface area (Å²) in [5.41, 5.74) is 7.58. The van der Waals surface area contributed by atoms with Crippen molar-refractivity contribution < 1.29 is 0 Å². The SMILES string of the molecule is CC1=CC=C2C(=C3NC(C)C=CC3=CC2c2ccccc2)N1. The van der Waals surface area contributed by atoms with Gasteiger partial charge in [0.05, 0.1) is 11.4 Å². The Labute approximate surface area is 131 Å². The van der Waals surface area contributed by atoms with E-state index < -0.39 is 0 Å². The largest absolute Gasteiger partial charge is 0.377 e. The zero-order valence-corrected chi connectivity index (χ0v) is 12.9. The first kappa shape index (κ1) is 13.2. The fourth-order valence-electron chi connectivity index (χ4n) is 3.33. The number of hydrogen-bond donors (Lipinski definition) is 2. The van der Waals surface area contributed by atoms with Crippen LogP contribution in [-0.2, 0) is 0 Å². The van der Waals surface area contributed by atoms with E-state index in [0.717, 1.165) is 0 Å². The van der Waals surface area contributed by atoms with Gasteiger partial charge in [-0.25, -0.2) is 0 Å². The summed E-state index contributed by atoms with van der Waals surface area (Å²) in [6.07, 6.45) is 11.2. The summed E-state index contributed by atoms with van der Waals surface area (Å²) in [6, 6.07) is 11.1. The van der Waals surface area contributed by atoms with Crippen LogP contribution in [0.3, 0.4) is 0 Å². The summed E-state index contributed by atoms with van der Waals surface area (Å²) in [6.45, 7) is 4.29. The maximum absolute atomic E-state index is 3.60. The van der Waals surface area contributed by atoms with Crippen molar-refractivity contribution in [1.29, 1.82) is 0 Å². The van der Waals surface area contributed by atoms with Crippen LogP contribution in [0.15, 0.2) is 88.9 Å². The Kier molecular flexibility index (Phi) is 3.04. The van der Waals surface area contributed by atoms with E-state index in [1.165, 1.54) is 33.8 Å². The Morgan fingerprint density at radius 1 is 1.00 bits per heavy atom. The predicted octanol–water partition coefficient (Wildman–Crippen LogP) is 3.90. The Balaban J connectivity index is 1.88. The molecular formula is C20H20N2. The second kappa shape index (κ2) is 5.06. The van der Waals surface area contributed by atoms with Gasteiger partial charge in [-0.1, -0.05) is 54.6 Å². The van der Waals surface area contributed by atoms with E-state index in [2.05, 4.69) is 85.2 Å². The predicted molar refractivity (Wildman–Crippen MR) is 91.0 cm³/mol. The van der Waals surface area contributed by atoms with E-state index in [1.54, 1.807) is 0 Å². The second-order valence-corrected chi connectivity index (χ2v) is 6.15. The average Bonchev–Trinajstić information content (AvgIpc) is 2.55. The van der Waals surface area contributed by atoms with E-state index in [-0.39, 0.29) is 0 Å². The maximum atomic E-state index is 3.60. The lowest BCUT2D eigenvalue weighted by Crippen LogP contribution is -2.35. The third-order valence-corrected chi connectivity index (χ3v) is 4.44. The van der Waals surface area contributed by atoms with Crippen molar-refractivity contribution in [2.45, 2.75) is 25.8 Å². The van der Waals surface area contributed by atoms with Gasteiger partial charge in [-0.05, 0) is 36.6 Å². The highest BCUT2D eigenvalue weighted by Crippen LogP contribution is 2.40. The molecule has 1 aliphatic carbocycles. The fraction of sp³-hybridized carbons (Fsp3) is 0.200. The number of hydrogen-bond acceptors (Lipinski definition) is 2. The molecule has 0 fully saturated rings. The number of nitrogens with one attached hydrogen (secondary N) is 2. The molecule has 1 aromatic rings. The lowest BCUT2D eigenvalue weighted by Gasteiger charge is -2.35. The molecule has 2 unspecified atom stereocenters. The molecule has 2 heterocycles. The molecule has 2 atom stereocenters. The molecule has 0 amide bonds. The van der Waals surface area contributed by atoms with Crippen LogP contribution in [0.5, 0.6) is 0 Å². The number of dihydropyridines is 1. The van der Waals surface area contributed by atoms with Crippen LogP contribution in [0.4, 0.5) is 0 Å². The summed E-state index contributed by atoms with van der Waals surface area (Å²) in [5, 5.41) is 7.18. The summed E-state index contributed by atoms with van der Waals surface area (Å²) >= 11 is 0. The minimum Gasteiger partial charge on any atom is -0.377 e. The third kappa shape index (κ3) is 2.12. The van der Waals surface area contributed by atoms with Gasteiger partial charge in [-0.3, -0.25) is 0 Å². The first-order chi connectivity index (χ1) is 10.7. The minimum atomic E-state index is 0.298. The topological polar surface area (TPSA) is 24.1 Å². The molecule has 2 nitrogen and oxygen atoms in total. The molecule has 0 spiro atoms. The zero-order valence-electron chi connectivity index (χ0n) is 12.9. The van der Waals surface area contributed by atoms with Gasteiger partial charge in [0.15, 0.2) is 0 Å². The van der Waals surface area contributed by atoms with E-state index in [1.807, 2.05) is 0 Å². The highest BCUT2D eigenvalue weighted by molar-refractivity contribution is 5.62. The van der Waals surface area contributed by atoms with Crippen LogP contribution in [0.25, 0.3) is 0 Å². The smallest absolute Gasteiger partial charge is 0.0665 e. The van der Waals surface area contributed by atoms with Gasteiger partial charge < -0.3 is 10.6 Å². The van der Waals surface area contributed by atoms with Crippen LogP contribution in [0.2, 0.25) is 0 Å². The number of fused-ring (bicyclic) bond motifs is 2. The minimum absolute atomic E-state index is 0.298. The Bertz CT molecular complexity index is 760. The van der Waals surface area contributed by atoms with E-state index in [9.17, 15) is 0 Å². The molecule has 3 aliphatic rings. The quantitative estimate of drug-likeness (QED) is 0.819. The van der Waals surface area contributed by atoms with Crippen molar-refractivity contribution in [3.05, 3.63) is 94.5 Å². The van der Waals surface area contributed by atoms with Gasteiger partial charge >= 0.3 is 0 Å². The highest BCUT2D eigenvalue weighted by Gasteiger charge is 2.30. The summed E-state index contributed by atoms with van der Waals surface area (Å²) < 4.78 is 0. The lowest BCUT2D eigenvalue weighted by molar-refractivity contribution is 0.690. The zero-order chi connectivity index (χ0) is 15.1. The van der Waals surface area contributed by atoms with Gasteiger partial charge in [0, 0.05) is 17.7 Å². The van der Waals surface area contributed by atoms with E-state index in [0.29, 0.717) is 12.0 Å².